The quantitative estimate of drug-likeness (QED) is 0.854. The van der Waals surface area contributed by atoms with Gasteiger partial charge in [-0.05, 0) is 25.3 Å². The predicted molar refractivity (Wildman–Crippen MR) is 89.3 cm³/mol. The van der Waals surface area contributed by atoms with Crippen molar-refractivity contribution in [3.8, 4) is 0 Å². The van der Waals surface area contributed by atoms with Crippen LogP contribution in [-0.4, -0.2) is 58.9 Å². The molecule has 24 heavy (non-hydrogen) atoms. The van der Waals surface area contributed by atoms with Crippen LogP contribution in [0.5, 0.6) is 0 Å². The summed E-state index contributed by atoms with van der Waals surface area (Å²) in [5.74, 6) is -1.48. The van der Waals surface area contributed by atoms with Crippen LogP contribution in [0, 0.1) is 5.92 Å². The lowest BCUT2D eigenvalue weighted by molar-refractivity contribution is -0.148. The summed E-state index contributed by atoms with van der Waals surface area (Å²) in [5, 5.41) is 8.91. The Morgan fingerprint density at radius 2 is 1.96 bits per heavy atom. The maximum Gasteiger partial charge on any atom is 0.323 e. The molecule has 1 aromatic carbocycles. The zero-order chi connectivity index (χ0) is 17.5. The van der Waals surface area contributed by atoms with E-state index in [1.807, 2.05) is 30.3 Å². The van der Waals surface area contributed by atoms with Gasteiger partial charge in [-0.3, -0.25) is 14.4 Å². The van der Waals surface area contributed by atoms with E-state index in [1.165, 1.54) is 4.90 Å². The molecular weight excluding hydrogens is 308 g/mol. The smallest absolute Gasteiger partial charge is 0.323 e. The molecular formula is C18H24N2O4. The number of carbonyl (C=O) groups excluding carboxylic acids is 2. The molecule has 0 aromatic heterocycles. The first-order valence-corrected chi connectivity index (χ1v) is 8.33. The highest BCUT2D eigenvalue weighted by Crippen LogP contribution is 2.20. The van der Waals surface area contributed by atoms with Crippen molar-refractivity contribution < 1.29 is 19.5 Å². The highest BCUT2D eigenvalue weighted by molar-refractivity contribution is 5.84. The molecule has 6 nitrogen and oxygen atoms in total. The molecule has 2 rings (SSSR count). The Kier molecular flexibility index (Phi) is 6.35. The van der Waals surface area contributed by atoms with Gasteiger partial charge in [0.2, 0.25) is 11.8 Å². The van der Waals surface area contributed by atoms with E-state index in [0.29, 0.717) is 32.5 Å². The molecule has 2 amide bonds. The zero-order valence-corrected chi connectivity index (χ0v) is 14.0. The van der Waals surface area contributed by atoms with E-state index in [0.717, 1.165) is 12.0 Å². The van der Waals surface area contributed by atoms with Crippen LogP contribution < -0.4 is 0 Å². The second-order valence-corrected chi connectivity index (χ2v) is 6.09. The molecule has 0 spiro atoms. The normalized spacial score (nSPS) is 17.4. The number of amides is 2. The molecule has 1 atom stereocenters. The minimum atomic E-state index is -1.02. The number of likely N-dealkylation sites (tertiary alicyclic amines) is 1. The van der Waals surface area contributed by atoms with Gasteiger partial charge in [0.15, 0.2) is 0 Å². The van der Waals surface area contributed by atoms with Gasteiger partial charge in [-0.1, -0.05) is 30.3 Å². The van der Waals surface area contributed by atoms with E-state index in [2.05, 4.69) is 0 Å². The van der Waals surface area contributed by atoms with Crippen LogP contribution >= 0.6 is 0 Å². The third-order valence-corrected chi connectivity index (χ3v) is 4.34. The second kappa shape index (κ2) is 8.47. The number of likely N-dealkylation sites (N-methyl/N-ethyl adjacent to an activating group) is 1. The highest BCUT2D eigenvalue weighted by atomic mass is 16.4. The lowest BCUT2D eigenvalue weighted by Gasteiger charge is -2.34. The van der Waals surface area contributed by atoms with Crippen LogP contribution in [0.2, 0.25) is 0 Å². The van der Waals surface area contributed by atoms with E-state index < -0.39 is 5.97 Å². The number of carboxylic acids is 1. The fraction of sp³-hybridized carbons (Fsp3) is 0.500. The number of carboxylic acid groups (broad SMARTS) is 1. The van der Waals surface area contributed by atoms with Crippen molar-refractivity contribution in [1.29, 1.82) is 0 Å². The minimum absolute atomic E-state index is 0.0139. The van der Waals surface area contributed by atoms with Crippen LogP contribution in [0.15, 0.2) is 30.3 Å². The zero-order valence-electron chi connectivity index (χ0n) is 14.0. The average Bonchev–Trinajstić information content (AvgIpc) is 2.60. The number of piperidine rings is 1. The molecule has 0 saturated carbocycles. The highest BCUT2D eigenvalue weighted by Gasteiger charge is 2.31. The summed E-state index contributed by atoms with van der Waals surface area (Å²) < 4.78 is 0. The lowest BCUT2D eigenvalue weighted by Crippen LogP contribution is -2.48. The third-order valence-electron chi connectivity index (χ3n) is 4.34. The molecule has 1 aliphatic heterocycles. The number of aliphatic carboxylic acids is 1. The van der Waals surface area contributed by atoms with Gasteiger partial charge < -0.3 is 14.9 Å². The molecule has 1 N–H and O–H groups in total. The standard InChI is InChI=1S/C18H24N2O4/c1-2-19(13-17(22)23)18(24)15-9-6-10-20(12-15)16(21)11-14-7-4-3-5-8-14/h3-5,7-8,15H,2,6,9-13H2,1H3,(H,22,23). The van der Waals surface area contributed by atoms with Gasteiger partial charge in [0.1, 0.15) is 6.54 Å². The summed E-state index contributed by atoms with van der Waals surface area (Å²) in [7, 11) is 0. The van der Waals surface area contributed by atoms with Crippen molar-refractivity contribution in [2.24, 2.45) is 5.92 Å². The van der Waals surface area contributed by atoms with E-state index in [9.17, 15) is 14.4 Å². The maximum atomic E-state index is 12.5. The van der Waals surface area contributed by atoms with Gasteiger partial charge in [0.05, 0.1) is 12.3 Å². The van der Waals surface area contributed by atoms with Gasteiger partial charge in [-0.2, -0.15) is 0 Å². The van der Waals surface area contributed by atoms with Crippen molar-refractivity contribution in [2.45, 2.75) is 26.2 Å². The van der Waals surface area contributed by atoms with Crippen molar-refractivity contribution >= 4 is 17.8 Å². The number of carbonyl (C=O) groups is 3. The Balaban J connectivity index is 1.96. The van der Waals surface area contributed by atoms with Gasteiger partial charge >= 0.3 is 5.97 Å². The summed E-state index contributed by atoms with van der Waals surface area (Å²) in [5.41, 5.74) is 0.956. The third kappa shape index (κ3) is 4.81. The summed E-state index contributed by atoms with van der Waals surface area (Å²) in [6.07, 6.45) is 1.79. The summed E-state index contributed by atoms with van der Waals surface area (Å²) in [4.78, 5) is 38.9. The largest absolute Gasteiger partial charge is 0.480 e. The molecule has 0 bridgehead atoms. The molecule has 1 unspecified atom stereocenters. The van der Waals surface area contributed by atoms with Gasteiger partial charge in [0, 0.05) is 19.6 Å². The first-order valence-electron chi connectivity index (χ1n) is 8.33. The Bertz CT molecular complexity index is 588. The van der Waals surface area contributed by atoms with Crippen molar-refractivity contribution in [1.82, 2.24) is 9.80 Å². The van der Waals surface area contributed by atoms with Gasteiger partial charge in [-0.15, -0.1) is 0 Å². The number of nitrogens with zero attached hydrogens (tertiary/aromatic N) is 2. The lowest BCUT2D eigenvalue weighted by atomic mass is 9.95. The van der Waals surface area contributed by atoms with E-state index in [1.54, 1.807) is 11.8 Å². The second-order valence-electron chi connectivity index (χ2n) is 6.09. The number of hydrogen-bond acceptors (Lipinski definition) is 3. The van der Waals surface area contributed by atoms with Crippen LogP contribution in [0.3, 0.4) is 0 Å². The van der Waals surface area contributed by atoms with E-state index in [-0.39, 0.29) is 24.3 Å². The fourth-order valence-electron chi connectivity index (χ4n) is 3.05. The average molecular weight is 332 g/mol. The molecule has 1 fully saturated rings. The Labute approximate surface area is 142 Å². The predicted octanol–water partition coefficient (Wildman–Crippen LogP) is 1.40. The van der Waals surface area contributed by atoms with Crippen LogP contribution in [0.4, 0.5) is 0 Å². The molecule has 0 aliphatic carbocycles. The SMILES string of the molecule is CCN(CC(=O)O)C(=O)C1CCCN(C(=O)Cc2ccccc2)C1. The summed E-state index contributed by atoms with van der Waals surface area (Å²) >= 11 is 0. The fourth-order valence-corrected chi connectivity index (χ4v) is 3.05. The molecule has 1 saturated heterocycles. The topological polar surface area (TPSA) is 77.9 Å². The summed E-state index contributed by atoms with van der Waals surface area (Å²) in [6, 6.07) is 9.53. The van der Waals surface area contributed by atoms with E-state index >= 15 is 0 Å². The van der Waals surface area contributed by atoms with Gasteiger partial charge in [0.25, 0.3) is 0 Å². The molecule has 1 aliphatic rings. The molecule has 1 heterocycles. The minimum Gasteiger partial charge on any atom is -0.480 e. The van der Waals surface area contributed by atoms with Crippen LogP contribution in [0.1, 0.15) is 25.3 Å². The maximum absolute atomic E-state index is 12.5. The first kappa shape index (κ1) is 18.0. The van der Waals surface area contributed by atoms with E-state index in [4.69, 9.17) is 5.11 Å². The van der Waals surface area contributed by atoms with Gasteiger partial charge in [-0.25, -0.2) is 0 Å². The number of benzene rings is 1. The molecule has 130 valence electrons. The van der Waals surface area contributed by atoms with Crippen molar-refractivity contribution in [3.05, 3.63) is 35.9 Å². The Morgan fingerprint density at radius 1 is 1.25 bits per heavy atom. The van der Waals surface area contributed by atoms with Crippen molar-refractivity contribution in [2.75, 3.05) is 26.2 Å². The van der Waals surface area contributed by atoms with Crippen molar-refractivity contribution in [3.63, 3.8) is 0 Å². The van der Waals surface area contributed by atoms with Crippen LogP contribution in [0.25, 0.3) is 0 Å². The molecule has 1 aromatic rings. The Hall–Kier alpha value is -2.37. The number of rotatable bonds is 6. The van der Waals surface area contributed by atoms with Crippen LogP contribution in [-0.2, 0) is 20.8 Å². The first-order chi connectivity index (χ1) is 11.5. The summed E-state index contributed by atoms with van der Waals surface area (Å²) in [6.45, 7) is 2.87. The monoisotopic (exact) mass is 332 g/mol. The number of hydrogen-bond donors (Lipinski definition) is 1. The Morgan fingerprint density at radius 3 is 2.58 bits per heavy atom. The molecule has 6 heteroatoms. The molecule has 0 radical (unpaired) electrons.